The van der Waals surface area contributed by atoms with E-state index < -0.39 is 12.0 Å². The molecule has 9 heteroatoms. The Morgan fingerprint density at radius 3 is 2.50 bits per heavy atom. The molecule has 4 aromatic rings. The third-order valence-corrected chi connectivity index (χ3v) is 8.49. The van der Waals surface area contributed by atoms with Gasteiger partial charge in [0.05, 0.1) is 24.3 Å². The van der Waals surface area contributed by atoms with Crippen LogP contribution in [0.15, 0.2) is 79.0 Å². The van der Waals surface area contributed by atoms with Crippen molar-refractivity contribution in [2.45, 2.75) is 12.0 Å². The molecular formula is C33H36FN5O3. The zero-order valence-electron chi connectivity index (χ0n) is 23.8. The third kappa shape index (κ3) is 5.37. The van der Waals surface area contributed by atoms with Crippen LogP contribution in [0.1, 0.15) is 33.4 Å². The standard InChI is InChI=1S/C33H36FN5O3/c1-42-21-20-39-31(26-22-36-28-12-6-4-8-23(26)28)30(24-9-2-3-10-25(24)33(39)41)32(40)35-14-15-37-16-18-38(19-17-37)29-13-7-5-11-27(29)34/h2-13,22,30-31,36H,14-21H2,1H3,(H,35,40). The predicted molar refractivity (Wildman–Crippen MR) is 161 cm³/mol. The van der Waals surface area contributed by atoms with E-state index in [1.807, 2.05) is 60.8 Å². The summed E-state index contributed by atoms with van der Waals surface area (Å²) in [6, 6.07) is 21.8. The quantitative estimate of drug-likeness (QED) is 0.316. The second-order valence-electron chi connectivity index (χ2n) is 10.9. The number of hydrogen-bond acceptors (Lipinski definition) is 5. The van der Waals surface area contributed by atoms with Crippen LogP contribution in [-0.2, 0) is 9.53 Å². The van der Waals surface area contributed by atoms with Gasteiger partial charge in [0.1, 0.15) is 5.82 Å². The van der Waals surface area contributed by atoms with E-state index in [0.29, 0.717) is 37.5 Å². The minimum atomic E-state index is -0.590. The van der Waals surface area contributed by atoms with Crippen LogP contribution in [-0.4, -0.2) is 86.1 Å². The summed E-state index contributed by atoms with van der Waals surface area (Å²) >= 11 is 0. The molecule has 2 unspecified atom stereocenters. The first-order valence-corrected chi connectivity index (χ1v) is 14.5. The molecule has 2 amide bonds. The summed E-state index contributed by atoms with van der Waals surface area (Å²) in [4.78, 5) is 37.4. The fourth-order valence-corrected chi connectivity index (χ4v) is 6.36. The molecule has 0 spiro atoms. The van der Waals surface area contributed by atoms with Gasteiger partial charge < -0.3 is 24.8 Å². The molecule has 2 N–H and O–H groups in total. The molecule has 0 radical (unpaired) electrons. The first-order chi connectivity index (χ1) is 20.6. The number of ether oxygens (including phenoxy) is 1. The number of aromatic nitrogens is 1. The molecule has 1 fully saturated rings. The van der Waals surface area contributed by atoms with Gasteiger partial charge >= 0.3 is 0 Å². The molecular weight excluding hydrogens is 533 g/mol. The van der Waals surface area contributed by atoms with Crippen LogP contribution >= 0.6 is 0 Å². The number of benzene rings is 3. The number of H-pyrrole nitrogens is 1. The van der Waals surface area contributed by atoms with Gasteiger partial charge in [0.15, 0.2) is 0 Å². The van der Waals surface area contributed by atoms with E-state index in [9.17, 15) is 14.0 Å². The number of nitrogens with zero attached hydrogens (tertiary/aromatic N) is 3. The minimum absolute atomic E-state index is 0.102. The highest BCUT2D eigenvalue weighted by Gasteiger charge is 2.44. The SMILES string of the molecule is COCCN1C(=O)c2ccccc2C(C(=O)NCCN2CCN(c3ccccc3F)CC2)C1c1c[nH]c2ccccc12. The van der Waals surface area contributed by atoms with Crippen molar-refractivity contribution in [2.24, 2.45) is 0 Å². The number of amides is 2. The maximum atomic E-state index is 14.2. The zero-order chi connectivity index (χ0) is 29.1. The summed E-state index contributed by atoms with van der Waals surface area (Å²) in [5, 5.41) is 4.18. The number of para-hydroxylation sites is 2. The van der Waals surface area contributed by atoms with Crippen molar-refractivity contribution in [1.29, 1.82) is 0 Å². The zero-order valence-corrected chi connectivity index (χ0v) is 23.8. The molecule has 1 aromatic heterocycles. The van der Waals surface area contributed by atoms with E-state index in [2.05, 4.69) is 20.1 Å². The van der Waals surface area contributed by atoms with Gasteiger partial charge in [-0.1, -0.05) is 48.5 Å². The minimum Gasteiger partial charge on any atom is -0.383 e. The van der Waals surface area contributed by atoms with E-state index in [0.717, 1.165) is 48.2 Å². The van der Waals surface area contributed by atoms with Gasteiger partial charge in [-0.05, 0) is 29.8 Å². The molecule has 2 aliphatic heterocycles. The molecule has 42 heavy (non-hydrogen) atoms. The average molecular weight is 570 g/mol. The second kappa shape index (κ2) is 12.3. The Morgan fingerprint density at radius 2 is 1.69 bits per heavy atom. The van der Waals surface area contributed by atoms with Crippen molar-refractivity contribution in [3.63, 3.8) is 0 Å². The summed E-state index contributed by atoms with van der Waals surface area (Å²) in [5.74, 6) is -1.01. The van der Waals surface area contributed by atoms with Crippen molar-refractivity contribution in [1.82, 2.24) is 20.1 Å². The van der Waals surface area contributed by atoms with Gasteiger partial charge in [-0.2, -0.15) is 0 Å². The lowest BCUT2D eigenvalue weighted by molar-refractivity contribution is -0.124. The van der Waals surface area contributed by atoms with Gasteiger partial charge in [-0.15, -0.1) is 0 Å². The Labute approximate surface area is 245 Å². The van der Waals surface area contributed by atoms with Crippen LogP contribution < -0.4 is 10.2 Å². The number of fused-ring (bicyclic) bond motifs is 2. The molecule has 218 valence electrons. The Balaban J connectivity index is 1.21. The van der Waals surface area contributed by atoms with Crippen molar-refractivity contribution in [3.8, 4) is 0 Å². The number of rotatable bonds is 9. The Hall–Kier alpha value is -4.21. The van der Waals surface area contributed by atoms with Crippen LogP contribution in [0.5, 0.6) is 0 Å². The Bertz CT molecular complexity index is 1560. The molecule has 3 aromatic carbocycles. The highest BCUT2D eigenvalue weighted by Crippen LogP contribution is 2.44. The van der Waals surface area contributed by atoms with Crippen LogP contribution in [0.3, 0.4) is 0 Å². The lowest BCUT2D eigenvalue weighted by Crippen LogP contribution is -2.50. The normalized spacial score (nSPS) is 19.2. The van der Waals surface area contributed by atoms with Crippen LogP contribution in [0.2, 0.25) is 0 Å². The van der Waals surface area contributed by atoms with E-state index in [1.165, 1.54) is 6.07 Å². The Morgan fingerprint density at radius 1 is 0.952 bits per heavy atom. The third-order valence-electron chi connectivity index (χ3n) is 8.49. The second-order valence-corrected chi connectivity index (χ2v) is 10.9. The van der Waals surface area contributed by atoms with Crippen LogP contribution in [0.25, 0.3) is 10.9 Å². The molecule has 2 atom stereocenters. The number of carbonyl (C=O) groups is 2. The number of nitrogens with one attached hydrogen (secondary N) is 2. The molecule has 8 nitrogen and oxygen atoms in total. The fraction of sp³-hybridized carbons (Fsp3) is 0.333. The first-order valence-electron chi connectivity index (χ1n) is 14.5. The van der Waals surface area contributed by atoms with Gasteiger partial charge in [-0.3, -0.25) is 14.5 Å². The molecule has 3 heterocycles. The van der Waals surface area contributed by atoms with E-state index in [4.69, 9.17) is 4.74 Å². The number of carbonyl (C=O) groups excluding carboxylic acids is 2. The molecule has 0 saturated carbocycles. The lowest BCUT2D eigenvalue weighted by atomic mass is 9.79. The fourth-order valence-electron chi connectivity index (χ4n) is 6.36. The van der Waals surface area contributed by atoms with Crippen molar-refractivity contribution < 1.29 is 18.7 Å². The number of piperazine rings is 1. The van der Waals surface area contributed by atoms with Gasteiger partial charge in [-0.25, -0.2) is 4.39 Å². The molecule has 2 aliphatic rings. The predicted octanol–water partition coefficient (Wildman–Crippen LogP) is 4.17. The highest BCUT2D eigenvalue weighted by atomic mass is 19.1. The summed E-state index contributed by atoms with van der Waals surface area (Å²) in [5.41, 5.74) is 3.79. The molecule has 6 rings (SSSR count). The lowest BCUT2D eigenvalue weighted by Gasteiger charge is -2.41. The molecule has 1 saturated heterocycles. The number of anilines is 1. The van der Waals surface area contributed by atoms with Crippen LogP contribution in [0, 0.1) is 5.82 Å². The van der Waals surface area contributed by atoms with Crippen molar-refractivity contribution >= 4 is 28.4 Å². The Kier molecular flexibility index (Phi) is 8.21. The summed E-state index contributed by atoms with van der Waals surface area (Å²) in [6.07, 6.45) is 1.92. The average Bonchev–Trinajstić information content (AvgIpc) is 3.45. The van der Waals surface area contributed by atoms with E-state index >= 15 is 0 Å². The number of hydrogen-bond donors (Lipinski definition) is 2. The number of aromatic amines is 1. The topological polar surface area (TPSA) is 80.9 Å². The maximum absolute atomic E-state index is 14.2. The first kappa shape index (κ1) is 27.9. The van der Waals surface area contributed by atoms with Gasteiger partial charge in [0.2, 0.25) is 5.91 Å². The molecule has 0 aliphatic carbocycles. The van der Waals surface area contributed by atoms with Gasteiger partial charge in [0, 0.05) is 81.1 Å². The van der Waals surface area contributed by atoms with E-state index in [1.54, 1.807) is 24.1 Å². The summed E-state index contributed by atoms with van der Waals surface area (Å²) in [7, 11) is 1.61. The monoisotopic (exact) mass is 569 g/mol. The maximum Gasteiger partial charge on any atom is 0.254 e. The number of halogens is 1. The largest absolute Gasteiger partial charge is 0.383 e. The van der Waals surface area contributed by atoms with Crippen LogP contribution in [0.4, 0.5) is 10.1 Å². The highest BCUT2D eigenvalue weighted by molar-refractivity contribution is 6.02. The summed E-state index contributed by atoms with van der Waals surface area (Å²) < 4.78 is 19.6. The van der Waals surface area contributed by atoms with Crippen molar-refractivity contribution in [2.75, 3.05) is 64.4 Å². The van der Waals surface area contributed by atoms with Gasteiger partial charge in [0.25, 0.3) is 5.91 Å². The number of methoxy groups -OCH3 is 1. The summed E-state index contributed by atoms with van der Waals surface area (Å²) in [6.45, 7) is 4.92. The van der Waals surface area contributed by atoms with Crippen molar-refractivity contribution in [3.05, 3.63) is 102 Å². The van der Waals surface area contributed by atoms with E-state index in [-0.39, 0.29) is 17.6 Å². The molecule has 0 bridgehead atoms. The smallest absolute Gasteiger partial charge is 0.254 e.